The fourth-order valence-electron chi connectivity index (χ4n) is 4.10. The number of hydrogen-bond donors (Lipinski definition) is 1. The molecule has 2 fully saturated rings. The van der Waals surface area contributed by atoms with Gasteiger partial charge in [-0.3, -0.25) is 14.4 Å². The molecule has 134 valence electrons. The number of β-amino-alcohol motifs (C(OH)–C–C–N with tert-alkyl or cyclic N) is 1. The summed E-state index contributed by atoms with van der Waals surface area (Å²) in [5.74, 6) is -0.00431. The summed E-state index contributed by atoms with van der Waals surface area (Å²) in [6, 6.07) is 2.63. The molecule has 1 saturated carbocycles. The minimum atomic E-state index is -0.905. The number of nitrogens with zero attached hydrogens (tertiary/aromatic N) is 4. The summed E-state index contributed by atoms with van der Waals surface area (Å²) in [6.07, 6.45) is 8.74. The smallest absolute Gasteiger partial charge is 0.224 e. The van der Waals surface area contributed by atoms with E-state index in [2.05, 4.69) is 20.7 Å². The predicted octanol–water partition coefficient (Wildman–Crippen LogP) is 1.80. The lowest BCUT2D eigenvalue weighted by Crippen LogP contribution is -2.50. The first-order chi connectivity index (χ1) is 11.5. The lowest BCUT2D eigenvalue weighted by Gasteiger charge is -2.39. The van der Waals surface area contributed by atoms with E-state index in [1.54, 1.807) is 19.0 Å². The minimum absolute atomic E-state index is 0.00431. The molecule has 1 aliphatic carbocycles. The molecule has 2 heterocycles. The Hall–Kier alpha value is -1.40. The van der Waals surface area contributed by atoms with Crippen LogP contribution in [0.25, 0.3) is 0 Å². The van der Waals surface area contributed by atoms with Gasteiger partial charge in [0.15, 0.2) is 0 Å². The van der Waals surface area contributed by atoms with Gasteiger partial charge in [-0.1, -0.05) is 12.8 Å². The van der Waals surface area contributed by atoms with Crippen LogP contribution in [0.15, 0.2) is 12.3 Å². The van der Waals surface area contributed by atoms with Crippen LogP contribution in [0.1, 0.15) is 56.7 Å². The molecular formula is C18H30N4O2. The molecule has 24 heavy (non-hydrogen) atoms. The fourth-order valence-corrected chi connectivity index (χ4v) is 4.10. The van der Waals surface area contributed by atoms with Crippen molar-refractivity contribution in [2.24, 2.45) is 0 Å². The zero-order valence-corrected chi connectivity index (χ0v) is 14.9. The number of piperidine rings is 1. The molecule has 0 bridgehead atoms. The Labute approximate surface area is 144 Å². The minimum Gasteiger partial charge on any atom is -0.388 e. The van der Waals surface area contributed by atoms with Gasteiger partial charge in [0.2, 0.25) is 5.91 Å². The van der Waals surface area contributed by atoms with E-state index in [4.69, 9.17) is 0 Å². The zero-order chi connectivity index (χ0) is 17.2. The third kappa shape index (κ3) is 3.98. The van der Waals surface area contributed by atoms with Crippen LogP contribution in [0.4, 0.5) is 0 Å². The molecule has 1 aliphatic heterocycles. The van der Waals surface area contributed by atoms with Gasteiger partial charge in [-0.15, -0.1) is 0 Å². The number of rotatable bonds is 5. The standard InChI is InChI=1S/C18H30N4O2/c1-20(2)17(23)12-18(24)9-5-11-21(14-18)13-16-8-10-19-22(16)15-6-3-4-7-15/h8,10,15,24H,3-7,9,11-14H2,1-2H3. The van der Waals surface area contributed by atoms with E-state index in [-0.39, 0.29) is 12.3 Å². The van der Waals surface area contributed by atoms with E-state index in [0.29, 0.717) is 19.0 Å². The van der Waals surface area contributed by atoms with Crippen molar-refractivity contribution in [3.63, 3.8) is 0 Å². The van der Waals surface area contributed by atoms with Crippen LogP contribution in [0.3, 0.4) is 0 Å². The van der Waals surface area contributed by atoms with Crippen LogP contribution < -0.4 is 0 Å². The second-order valence-electron chi connectivity index (χ2n) is 7.71. The number of carbonyl (C=O) groups excluding carboxylic acids is 1. The average Bonchev–Trinajstić information content (AvgIpc) is 3.17. The van der Waals surface area contributed by atoms with E-state index in [1.165, 1.54) is 31.4 Å². The van der Waals surface area contributed by atoms with E-state index in [1.807, 2.05) is 6.20 Å². The summed E-state index contributed by atoms with van der Waals surface area (Å²) >= 11 is 0. The summed E-state index contributed by atoms with van der Waals surface area (Å²) in [5.41, 5.74) is 0.322. The van der Waals surface area contributed by atoms with Crippen molar-refractivity contribution >= 4 is 5.91 Å². The van der Waals surface area contributed by atoms with Crippen LogP contribution in [-0.4, -0.2) is 63.4 Å². The Morgan fingerprint density at radius 3 is 2.83 bits per heavy atom. The first-order valence-electron chi connectivity index (χ1n) is 9.14. The van der Waals surface area contributed by atoms with Gasteiger partial charge in [0.05, 0.1) is 23.8 Å². The molecule has 2 aliphatic rings. The molecule has 1 aromatic rings. The molecule has 1 N–H and O–H groups in total. The number of amides is 1. The van der Waals surface area contributed by atoms with Gasteiger partial charge in [-0.2, -0.15) is 5.10 Å². The van der Waals surface area contributed by atoms with E-state index >= 15 is 0 Å². The molecule has 1 unspecified atom stereocenters. The first-order valence-corrected chi connectivity index (χ1v) is 9.14. The van der Waals surface area contributed by atoms with Crippen LogP contribution >= 0.6 is 0 Å². The van der Waals surface area contributed by atoms with Crippen molar-refractivity contribution in [2.45, 2.75) is 63.1 Å². The molecular weight excluding hydrogens is 304 g/mol. The highest BCUT2D eigenvalue weighted by molar-refractivity contribution is 5.76. The fraction of sp³-hybridized carbons (Fsp3) is 0.778. The van der Waals surface area contributed by atoms with Gasteiger partial charge >= 0.3 is 0 Å². The lowest BCUT2D eigenvalue weighted by molar-refractivity contribution is -0.136. The molecule has 0 aromatic carbocycles. The maximum atomic E-state index is 12.0. The quantitative estimate of drug-likeness (QED) is 0.892. The largest absolute Gasteiger partial charge is 0.388 e. The van der Waals surface area contributed by atoms with E-state index in [0.717, 1.165) is 19.5 Å². The van der Waals surface area contributed by atoms with Crippen molar-refractivity contribution in [3.05, 3.63) is 18.0 Å². The maximum absolute atomic E-state index is 12.0. The van der Waals surface area contributed by atoms with Crippen molar-refractivity contribution in [2.75, 3.05) is 27.2 Å². The number of aliphatic hydroxyl groups is 1. The Kier molecular flexibility index (Phi) is 5.25. The second kappa shape index (κ2) is 7.23. The summed E-state index contributed by atoms with van der Waals surface area (Å²) in [7, 11) is 3.49. The molecule has 1 amide bonds. The summed E-state index contributed by atoms with van der Waals surface area (Å²) in [5, 5.41) is 15.4. The highest BCUT2D eigenvalue weighted by Gasteiger charge is 2.36. The third-order valence-corrected chi connectivity index (χ3v) is 5.42. The van der Waals surface area contributed by atoms with Gasteiger partial charge in [-0.25, -0.2) is 0 Å². The zero-order valence-electron chi connectivity index (χ0n) is 14.9. The highest BCUT2D eigenvalue weighted by Crippen LogP contribution is 2.31. The van der Waals surface area contributed by atoms with Gasteiger partial charge < -0.3 is 10.0 Å². The van der Waals surface area contributed by atoms with Crippen molar-refractivity contribution < 1.29 is 9.90 Å². The van der Waals surface area contributed by atoms with Crippen LogP contribution in [0.2, 0.25) is 0 Å². The molecule has 1 aromatic heterocycles. The number of hydrogen-bond acceptors (Lipinski definition) is 4. The topological polar surface area (TPSA) is 61.6 Å². The SMILES string of the molecule is CN(C)C(=O)CC1(O)CCCN(Cc2ccnn2C2CCCC2)C1. The van der Waals surface area contributed by atoms with Gasteiger partial charge in [0.25, 0.3) is 0 Å². The predicted molar refractivity (Wildman–Crippen MR) is 92.5 cm³/mol. The van der Waals surface area contributed by atoms with Crippen molar-refractivity contribution in [3.8, 4) is 0 Å². The van der Waals surface area contributed by atoms with E-state index in [9.17, 15) is 9.90 Å². The normalized spacial score (nSPS) is 26.0. The average molecular weight is 334 g/mol. The number of aromatic nitrogens is 2. The maximum Gasteiger partial charge on any atom is 0.224 e. The van der Waals surface area contributed by atoms with Crippen LogP contribution in [0.5, 0.6) is 0 Å². The molecule has 1 saturated heterocycles. The van der Waals surface area contributed by atoms with Gasteiger partial charge in [-0.05, 0) is 38.3 Å². The Bertz CT molecular complexity index is 565. The molecule has 0 radical (unpaired) electrons. The van der Waals surface area contributed by atoms with Gasteiger partial charge in [0.1, 0.15) is 0 Å². The third-order valence-electron chi connectivity index (χ3n) is 5.42. The second-order valence-corrected chi connectivity index (χ2v) is 7.71. The van der Waals surface area contributed by atoms with Crippen molar-refractivity contribution in [1.82, 2.24) is 19.6 Å². The molecule has 3 rings (SSSR count). The summed E-state index contributed by atoms with van der Waals surface area (Å²) < 4.78 is 2.19. The number of likely N-dealkylation sites (tertiary alicyclic amines) is 1. The monoisotopic (exact) mass is 334 g/mol. The first kappa shape index (κ1) is 17.4. The molecule has 0 spiro atoms. The Morgan fingerprint density at radius 1 is 1.38 bits per heavy atom. The summed E-state index contributed by atoms with van der Waals surface area (Å²) in [6.45, 7) is 2.33. The van der Waals surface area contributed by atoms with Crippen LogP contribution in [-0.2, 0) is 11.3 Å². The molecule has 6 nitrogen and oxygen atoms in total. The summed E-state index contributed by atoms with van der Waals surface area (Å²) in [4.78, 5) is 15.8. The Balaban J connectivity index is 1.63. The molecule has 6 heteroatoms. The Morgan fingerprint density at radius 2 is 2.12 bits per heavy atom. The number of carbonyl (C=O) groups is 1. The lowest BCUT2D eigenvalue weighted by atomic mass is 9.89. The van der Waals surface area contributed by atoms with Crippen molar-refractivity contribution in [1.29, 1.82) is 0 Å². The van der Waals surface area contributed by atoms with E-state index < -0.39 is 5.60 Å². The van der Waals surface area contributed by atoms with Gasteiger partial charge in [0, 0.05) is 33.4 Å². The molecule has 1 atom stereocenters. The van der Waals surface area contributed by atoms with Crippen LogP contribution in [0, 0.1) is 0 Å². The highest BCUT2D eigenvalue weighted by atomic mass is 16.3.